The van der Waals surface area contributed by atoms with Crippen molar-refractivity contribution in [1.82, 2.24) is 15.1 Å². The van der Waals surface area contributed by atoms with Crippen molar-refractivity contribution in [1.29, 1.82) is 0 Å². The molecular formula is C14H25N3O. The number of nitrogens with one attached hydrogen (secondary N) is 1. The number of rotatable bonds is 6. The minimum Gasteiger partial charge on any atom is -0.493 e. The zero-order chi connectivity index (χ0) is 13.3. The maximum atomic E-state index is 5.48. The van der Waals surface area contributed by atoms with Crippen molar-refractivity contribution < 1.29 is 4.74 Å². The van der Waals surface area contributed by atoms with Gasteiger partial charge in [-0.1, -0.05) is 20.8 Å². The third kappa shape index (κ3) is 2.26. The molecular weight excluding hydrogens is 226 g/mol. The van der Waals surface area contributed by atoms with Crippen molar-refractivity contribution >= 4 is 0 Å². The lowest BCUT2D eigenvalue weighted by Gasteiger charge is -2.21. The van der Waals surface area contributed by atoms with Crippen LogP contribution in [0.25, 0.3) is 0 Å². The average molecular weight is 251 g/mol. The number of hydrogen-bond acceptors (Lipinski definition) is 3. The van der Waals surface area contributed by atoms with E-state index in [9.17, 15) is 0 Å². The highest BCUT2D eigenvalue weighted by atomic mass is 16.5. The molecule has 1 aliphatic rings. The Morgan fingerprint density at radius 1 is 1.56 bits per heavy atom. The van der Waals surface area contributed by atoms with E-state index in [-0.39, 0.29) is 0 Å². The van der Waals surface area contributed by atoms with E-state index in [1.54, 1.807) is 7.11 Å². The van der Waals surface area contributed by atoms with E-state index in [0.29, 0.717) is 17.4 Å². The molecule has 0 spiro atoms. The molecule has 1 heterocycles. The SMILES string of the molecule is CCNC(c1c(OC)cnn1CC)C1CC1(C)C. The van der Waals surface area contributed by atoms with Crippen LogP contribution in [-0.4, -0.2) is 23.4 Å². The van der Waals surface area contributed by atoms with E-state index in [1.807, 2.05) is 6.20 Å². The van der Waals surface area contributed by atoms with Crippen molar-refractivity contribution in [2.45, 2.75) is 46.7 Å². The van der Waals surface area contributed by atoms with Gasteiger partial charge in [0.25, 0.3) is 0 Å². The first-order chi connectivity index (χ1) is 8.55. The van der Waals surface area contributed by atoms with E-state index < -0.39 is 0 Å². The molecule has 4 heteroatoms. The van der Waals surface area contributed by atoms with E-state index in [0.717, 1.165) is 18.8 Å². The van der Waals surface area contributed by atoms with Crippen molar-refractivity contribution in [2.75, 3.05) is 13.7 Å². The Hall–Kier alpha value is -1.03. The molecule has 0 aromatic carbocycles. The average Bonchev–Trinajstić information content (AvgIpc) is 2.80. The molecule has 1 aliphatic carbocycles. The Bertz CT molecular complexity index is 390. The lowest BCUT2D eigenvalue weighted by atomic mass is 10.0. The Labute approximate surface area is 110 Å². The minimum absolute atomic E-state index is 0.349. The molecule has 18 heavy (non-hydrogen) atoms. The second kappa shape index (κ2) is 4.92. The summed E-state index contributed by atoms with van der Waals surface area (Å²) in [6.07, 6.45) is 3.10. The molecule has 2 atom stereocenters. The summed E-state index contributed by atoms with van der Waals surface area (Å²) in [4.78, 5) is 0. The lowest BCUT2D eigenvalue weighted by molar-refractivity contribution is 0.362. The van der Waals surface area contributed by atoms with Crippen molar-refractivity contribution in [3.8, 4) is 5.75 Å². The molecule has 0 aliphatic heterocycles. The maximum Gasteiger partial charge on any atom is 0.161 e. The number of methoxy groups -OCH3 is 1. The molecule has 1 saturated carbocycles. The normalized spacial score (nSPS) is 22.8. The number of aromatic nitrogens is 2. The molecule has 0 saturated heterocycles. The molecule has 102 valence electrons. The van der Waals surface area contributed by atoms with Crippen molar-refractivity contribution in [3.63, 3.8) is 0 Å². The molecule has 1 aromatic heterocycles. The van der Waals surface area contributed by atoms with Crippen LogP contribution < -0.4 is 10.1 Å². The standard InChI is InChI=1S/C14H25N3O/c1-6-15-12(10-8-14(10,3)4)13-11(18-5)9-16-17(13)7-2/h9-10,12,15H,6-8H2,1-5H3. The van der Waals surface area contributed by atoms with Crippen molar-refractivity contribution in [3.05, 3.63) is 11.9 Å². The number of ether oxygens (including phenoxy) is 1. The van der Waals surface area contributed by atoms with Gasteiger partial charge in [-0.2, -0.15) is 5.10 Å². The molecule has 1 N–H and O–H groups in total. The Balaban J connectivity index is 2.33. The largest absolute Gasteiger partial charge is 0.493 e. The minimum atomic E-state index is 0.349. The van der Waals surface area contributed by atoms with Crippen LogP contribution >= 0.6 is 0 Å². The third-order valence-corrected chi connectivity index (χ3v) is 4.08. The van der Waals surface area contributed by atoms with Crippen LogP contribution in [0.5, 0.6) is 5.75 Å². The molecule has 0 radical (unpaired) electrons. The predicted molar refractivity (Wildman–Crippen MR) is 72.8 cm³/mol. The Morgan fingerprint density at radius 3 is 2.67 bits per heavy atom. The monoisotopic (exact) mass is 251 g/mol. The molecule has 0 amide bonds. The van der Waals surface area contributed by atoms with Gasteiger partial charge in [0.1, 0.15) is 0 Å². The summed E-state index contributed by atoms with van der Waals surface area (Å²) in [7, 11) is 1.72. The van der Waals surface area contributed by atoms with Crippen LogP contribution in [-0.2, 0) is 6.54 Å². The second-order valence-corrected chi connectivity index (χ2v) is 5.75. The van der Waals surface area contributed by atoms with Crippen LogP contribution in [0.3, 0.4) is 0 Å². The summed E-state index contributed by atoms with van der Waals surface area (Å²) in [5.41, 5.74) is 1.64. The van der Waals surface area contributed by atoms with Gasteiger partial charge < -0.3 is 10.1 Å². The Kier molecular flexibility index (Phi) is 3.66. The quantitative estimate of drug-likeness (QED) is 0.844. The fraction of sp³-hybridized carbons (Fsp3) is 0.786. The first-order valence-electron chi connectivity index (χ1n) is 6.88. The van der Waals surface area contributed by atoms with Crippen molar-refractivity contribution in [2.24, 2.45) is 11.3 Å². The van der Waals surface area contributed by atoms with Gasteiger partial charge in [0, 0.05) is 6.54 Å². The van der Waals surface area contributed by atoms with Gasteiger partial charge in [0.05, 0.1) is 25.0 Å². The van der Waals surface area contributed by atoms with Crippen LogP contribution in [0.4, 0.5) is 0 Å². The summed E-state index contributed by atoms with van der Waals surface area (Å²) < 4.78 is 7.53. The summed E-state index contributed by atoms with van der Waals surface area (Å²) in [6.45, 7) is 10.8. The van der Waals surface area contributed by atoms with Crippen LogP contribution in [0.15, 0.2) is 6.20 Å². The number of nitrogens with zero attached hydrogens (tertiary/aromatic N) is 2. The first-order valence-corrected chi connectivity index (χ1v) is 6.88. The van der Waals surface area contributed by atoms with E-state index in [1.165, 1.54) is 12.1 Å². The van der Waals surface area contributed by atoms with E-state index in [2.05, 4.69) is 42.8 Å². The third-order valence-electron chi connectivity index (χ3n) is 4.08. The van der Waals surface area contributed by atoms with Crippen LogP contribution in [0, 0.1) is 11.3 Å². The molecule has 1 fully saturated rings. The van der Waals surface area contributed by atoms with Gasteiger partial charge in [-0.3, -0.25) is 4.68 Å². The molecule has 1 aromatic rings. The highest BCUT2D eigenvalue weighted by molar-refractivity contribution is 5.31. The second-order valence-electron chi connectivity index (χ2n) is 5.75. The highest BCUT2D eigenvalue weighted by Gasteiger charge is 2.51. The zero-order valence-electron chi connectivity index (χ0n) is 12.2. The van der Waals surface area contributed by atoms with Crippen LogP contribution in [0.1, 0.15) is 45.9 Å². The number of aryl methyl sites for hydroxylation is 1. The first kappa shape index (κ1) is 13.4. The summed E-state index contributed by atoms with van der Waals surface area (Å²) in [5.74, 6) is 1.58. The highest BCUT2D eigenvalue weighted by Crippen LogP contribution is 2.58. The van der Waals surface area contributed by atoms with E-state index >= 15 is 0 Å². The van der Waals surface area contributed by atoms with Gasteiger partial charge >= 0.3 is 0 Å². The summed E-state index contributed by atoms with van der Waals surface area (Å²) >= 11 is 0. The van der Waals surface area contributed by atoms with Gasteiger partial charge in [-0.05, 0) is 31.2 Å². The molecule has 2 unspecified atom stereocenters. The number of hydrogen-bond donors (Lipinski definition) is 1. The Morgan fingerprint density at radius 2 is 2.22 bits per heavy atom. The van der Waals surface area contributed by atoms with Gasteiger partial charge in [-0.15, -0.1) is 0 Å². The van der Waals surface area contributed by atoms with E-state index in [4.69, 9.17) is 4.74 Å². The lowest BCUT2D eigenvalue weighted by Crippen LogP contribution is -2.27. The van der Waals surface area contributed by atoms with Gasteiger partial charge in [0.2, 0.25) is 0 Å². The summed E-state index contributed by atoms with van der Waals surface area (Å²) in [6, 6.07) is 0.349. The summed E-state index contributed by atoms with van der Waals surface area (Å²) in [5, 5.41) is 8.03. The van der Waals surface area contributed by atoms with Crippen LogP contribution in [0.2, 0.25) is 0 Å². The van der Waals surface area contributed by atoms with Gasteiger partial charge in [-0.25, -0.2) is 0 Å². The smallest absolute Gasteiger partial charge is 0.161 e. The maximum absolute atomic E-state index is 5.48. The zero-order valence-corrected chi connectivity index (χ0v) is 12.2. The molecule has 2 rings (SSSR count). The topological polar surface area (TPSA) is 39.1 Å². The fourth-order valence-electron chi connectivity index (χ4n) is 2.83. The molecule has 0 bridgehead atoms. The predicted octanol–water partition coefficient (Wildman–Crippen LogP) is 2.61. The molecule has 4 nitrogen and oxygen atoms in total. The van der Waals surface area contributed by atoms with Gasteiger partial charge in [0.15, 0.2) is 5.75 Å². The fourth-order valence-corrected chi connectivity index (χ4v) is 2.83.